The fraction of sp³-hybridized carbons (Fsp3) is 0.950. The van der Waals surface area contributed by atoms with Gasteiger partial charge in [0.1, 0.15) is 5.78 Å². The van der Waals surface area contributed by atoms with E-state index in [4.69, 9.17) is 0 Å². The molecule has 3 unspecified atom stereocenters. The van der Waals surface area contributed by atoms with Gasteiger partial charge in [0.15, 0.2) is 0 Å². The second-order valence-corrected chi connectivity index (χ2v) is 9.28. The van der Waals surface area contributed by atoms with E-state index in [1.807, 2.05) is 0 Å². The lowest BCUT2D eigenvalue weighted by atomic mass is 9.50. The van der Waals surface area contributed by atoms with Gasteiger partial charge in [0.25, 0.3) is 0 Å². The molecule has 4 aliphatic rings. The first kappa shape index (κ1) is 15.2. The van der Waals surface area contributed by atoms with Crippen LogP contribution in [0.5, 0.6) is 0 Å². The standard InChI is InChI=1S/C20H33NO/c1-20-11-10-16-15-7-5-14(21(2)3)12-13(15)4-6-17(16)18(20)8-9-19(20)22/h13-18H,4-12H2,1-3H3/t13-,14?,15?,16+,17?,18-,20-/m0/s1. The van der Waals surface area contributed by atoms with Crippen LogP contribution in [0.2, 0.25) is 0 Å². The lowest BCUT2D eigenvalue weighted by Gasteiger charge is -2.55. The van der Waals surface area contributed by atoms with E-state index in [9.17, 15) is 4.79 Å². The molecule has 22 heavy (non-hydrogen) atoms. The van der Waals surface area contributed by atoms with Crippen molar-refractivity contribution < 1.29 is 4.79 Å². The summed E-state index contributed by atoms with van der Waals surface area (Å²) < 4.78 is 0. The molecule has 0 saturated heterocycles. The Kier molecular flexibility index (Phi) is 3.67. The predicted molar refractivity (Wildman–Crippen MR) is 89.6 cm³/mol. The van der Waals surface area contributed by atoms with Crippen LogP contribution in [0.25, 0.3) is 0 Å². The van der Waals surface area contributed by atoms with Crippen molar-refractivity contribution in [3.05, 3.63) is 0 Å². The molecule has 0 aromatic rings. The third kappa shape index (κ3) is 2.12. The Labute approximate surface area is 136 Å². The van der Waals surface area contributed by atoms with E-state index in [1.165, 1.54) is 51.4 Å². The van der Waals surface area contributed by atoms with Crippen LogP contribution in [-0.2, 0) is 4.79 Å². The monoisotopic (exact) mass is 303 g/mol. The van der Waals surface area contributed by atoms with Crippen molar-refractivity contribution in [1.82, 2.24) is 4.90 Å². The molecule has 2 nitrogen and oxygen atoms in total. The van der Waals surface area contributed by atoms with Crippen LogP contribution in [0.1, 0.15) is 64.7 Å². The number of ketones is 1. The van der Waals surface area contributed by atoms with Crippen LogP contribution < -0.4 is 0 Å². The number of rotatable bonds is 1. The summed E-state index contributed by atoms with van der Waals surface area (Å²) in [4.78, 5) is 14.9. The summed E-state index contributed by atoms with van der Waals surface area (Å²) >= 11 is 0. The molecular formula is C20H33NO. The van der Waals surface area contributed by atoms with Crippen LogP contribution in [-0.4, -0.2) is 30.8 Å². The highest BCUT2D eigenvalue weighted by molar-refractivity contribution is 5.87. The Hall–Kier alpha value is -0.370. The second kappa shape index (κ2) is 5.33. The summed E-state index contributed by atoms with van der Waals surface area (Å²) in [6, 6.07) is 0.819. The van der Waals surface area contributed by atoms with E-state index in [2.05, 4.69) is 25.9 Å². The number of nitrogens with zero attached hydrogens (tertiary/aromatic N) is 1. The fourth-order valence-corrected chi connectivity index (χ4v) is 7.07. The van der Waals surface area contributed by atoms with Crippen LogP contribution in [0.3, 0.4) is 0 Å². The Morgan fingerprint density at radius 3 is 2.50 bits per heavy atom. The van der Waals surface area contributed by atoms with Crippen molar-refractivity contribution in [3.63, 3.8) is 0 Å². The van der Waals surface area contributed by atoms with Crippen LogP contribution in [0.15, 0.2) is 0 Å². The van der Waals surface area contributed by atoms with Crippen LogP contribution in [0, 0.1) is 35.0 Å². The van der Waals surface area contributed by atoms with Crippen LogP contribution >= 0.6 is 0 Å². The van der Waals surface area contributed by atoms with Crippen molar-refractivity contribution in [2.24, 2.45) is 35.0 Å². The Morgan fingerprint density at radius 1 is 0.955 bits per heavy atom. The second-order valence-electron chi connectivity index (χ2n) is 9.28. The zero-order valence-electron chi connectivity index (χ0n) is 14.7. The van der Waals surface area contributed by atoms with Gasteiger partial charge in [-0.05, 0) is 95.1 Å². The average Bonchev–Trinajstić information content (AvgIpc) is 2.82. The SMILES string of the molecule is CN(C)C1CCC2[C@@H](CCC3[C@@H]2CC[C@]2(C)C(=O)CC[C@@H]32)C1. The molecule has 0 bridgehead atoms. The lowest BCUT2D eigenvalue weighted by molar-refractivity contribution is -0.133. The van der Waals surface area contributed by atoms with Gasteiger partial charge in [0.05, 0.1) is 0 Å². The third-order valence-corrected chi connectivity index (χ3v) is 8.37. The molecule has 0 aromatic heterocycles. The number of carbonyl (C=O) groups excluding carboxylic acids is 1. The minimum absolute atomic E-state index is 0.0643. The maximum Gasteiger partial charge on any atom is 0.139 e. The zero-order chi connectivity index (χ0) is 15.5. The minimum atomic E-state index is 0.0643. The van der Waals surface area contributed by atoms with Gasteiger partial charge in [-0.15, -0.1) is 0 Å². The summed E-state index contributed by atoms with van der Waals surface area (Å²) in [6.07, 6.45) is 11.8. The molecule has 2 heteroatoms. The summed E-state index contributed by atoms with van der Waals surface area (Å²) in [5.74, 6) is 5.10. The molecule has 0 radical (unpaired) electrons. The van der Waals surface area contributed by atoms with Gasteiger partial charge < -0.3 is 4.90 Å². The molecule has 4 rings (SSSR count). The van der Waals surface area contributed by atoms with E-state index in [-0.39, 0.29) is 5.41 Å². The number of hydrogen-bond donors (Lipinski definition) is 0. The van der Waals surface area contributed by atoms with Gasteiger partial charge in [-0.25, -0.2) is 0 Å². The first-order valence-corrected chi connectivity index (χ1v) is 9.70. The number of fused-ring (bicyclic) bond motifs is 5. The molecule has 0 amide bonds. The summed E-state index contributed by atoms with van der Waals surface area (Å²) in [5, 5.41) is 0. The smallest absolute Gasteiger partial charge is 0.139 e. The van der Waals surface area contributed by atoms with Gasteiger partial charge in [-0.1, -0.05) is 6.92 Å². The number of carbonyl (C=O) groups is 1. The molecule has 0 heterocycles. The number of Topliss-reactive ketones (excluding diaryl/α,β-unsaturated/α-hetero) is 1. The first-order valence-electron chi connectivity index (χ1n) is 9.70. The third-order valence-electron chi connectivity index (χ3n) is 8.37. The van der Waals surface area contributed by atoms with Crippen LogP contribution in [0.4, 0.5) is 0 Å². The molecule has 4 saturated carbocycles. The fourth-order valence-electron chi connectivity index (χ4n) is 7.07. The predicted octanol–water partition coefficient (Wildman–Crippen LogP) is 4.14. The largest absolute Gasteiger partial charge is 0.306 e. The Morgan fingerprint density at radius 2 is 1.73 bits per heavy atom. The normalized spacial score (nSPS) is 51.4. The Balaban J connectivity index is 1.52. The molecule has 0 aromatic carbocycles. The lowest BCUT2D eigenvalue weighted by Crippen LogP contribution is -2.50. The van der Waals surface area contributed by atoms with E-state index in [0.717, 1.165) is 42.1 Å². The van der Waals surface area contributed by atoms with E-state index < -0.39 is 0 Å². The van der Waals surface area contributed by atoms with E-state index >= 15 is 0 Å². The van der Waals surface area contributed by atoms with E-state index in [0.29, 0.717) is 5.78 Å². The molecule has 0 aliphatic heterocycles. The maximum absolute atomic E-state index is 12.4. The summed E-state index contributed by atoms with van der Waals surface area (Å²) in [6.45, 7) is 2.30. The van der Waals surface area contributed by atoms with Crippen molar-refractivity contribution in [3.8, 4) is 0 Å². The van der Waals surface area contributed by atoms with E-state index in [1.54, 1.807) is 0 Å². The van der Waals surface area contributed by atoms with Gasteiger partial charge in [-0.3, -0.25) is 4.79 Å². The van der Waals surface area contributed by atoms with Gasteiger partial charge in [-0.2, -0.15) is 0 Å². The minimum Gasteiger partial charge on any atom is -0.306 e. The molecular weight excluding hydrogens is 270 g/mol. The molecule has 7 atom stereocenters. The number of hydrogen-bond acceptors (Lipinski definition) is 2. The van der Waals surface area contributed by atoms with Gasteiger partial charge in [0.2, 0.25) is 0 Å². The zero-order valence-corrected chi connectivity index (χ0v) is 14.7. The van der Waals surface area contributed by atoms with Crippen molar-refractivity contribution in [2.75, 3.05) is 14.1 Å². The molecule has 0 spiro atoms. The summed E-state index contributed by atoms with van der Waals surface area (Å²) in [7, 11) is 4.51. The average molecular weight is 303 g/mol. The molecule has 0 N–H and O–H groups in total. The molecule has 124 valence electrons. The Bertz CT molecular complexity index is 459. The highest BCUT2D eigenvalue weighted by Crippen LogP contribution is 2.61. The van der Waals surface area contributed by atoms with Crippen molar-refractivity contribution in [2.45, 2.75) is 70.8 Å². The molecule has 4 aliphatic carbocycles. The van der Waals surface area contributed by atoms with Crippen molar-refractivity contribution >= 4 is 5.78 Å². The van der Waals surface area contributed by atoms with Crippen molar-refractivity contribution in [1.29, 1.82) is 0 Å². The molecule has 4 fully saturated rings. The highest BCUT2D eigenvalue weighted by atomic mass is 16.1. The maximum atomic E-state index is 12.4. The highest BCUT2D eigenvalue weighted by Gasteiger charge is 2.56. The quantitative estimate of drug-likeness (QED) is 0.725. The summed E-state index contributed by atoms with van der Waals surface area (Å²) in [5.41, 5.74) is 0.0643. The van der Waals surface area contributed by atoms with Gasteiger partial charge >= 0.3 is 0 Å². The first-order chi connectivity index (χ1) is 10.5. The van der Waals surface area contributed by atoms with Gasteiger partial charge in [0, 0.05) is 17.9 Å². The topological polar surface area (TPSA) is 20.3 Å².